The van der Waals surface area contributed by atoms with Crippen LogP contribution in [0.15, 0.2) is 24.3 Å². The van der Waals surface area contributed by atoms with Gasteiger partial charge in [0.1, 0.15) is 5.82 Å². The minimum atomic E-state index is -0.150. The number of alkyl halides is 1. The van der Waals surface area contributed by atoms with Gasteiger partial charge in [0.25, 0.3) is 0 Å². The molecular formula is C14H20BrFS. The quantitative estimate of drug-likeness (QED) is 0.484. The van der Waals surface area contributed by atoms with Crippen LogP contribution in [0.1, 0.15) is 25.3 Å². The Hall–Kier alpha value is -0.0200. The van der Waals surface area contributed by atoms with E-state index in [2.05, 4.69) is 22.9 Å². The fourth-order valence-electron chi connectivity index (χ4n) is 1.81. The van der Waals surface area contributed by atoms with Gasteiger partial charge in [-0.15, -0.1) is 0 Å². The molecule has 1 aromatic rings. The third-order valence-corrected chi connectivity index (χ3v) is 4.66. The first-order valence-electron chi connectivity index (χ1n) is 6.14. The highest BCUT2D eigenvalue weighted by Gasteiger charge is 2.08. The number of benzene rings is 1. The summed E-state index contributed by atoms with van der Waals surface area (Å²) in [7, 11) is 0. The molecule has 1 aromatic carbocycles. The largest absolute Gasteiger partial charge is 0.207 e. The number of thioether (sulfide) groups is 1. The average molecular weight is 319 g/mol. The van der Waals surface area contributed by atoms with Gasteiger partial charge in [-0.05, 0) is 54.4 Å². The monoisotopic (exact) mass is 318 g/mol. The molecule has 0 fully saturated rings. The van der Waals surface area contributed by atoms with E-state index in [9.17, 15) is 4.39 Å². The predicted molar refractivity (Wildman–Crippen MR) is 79.6 cm³/mol. The lowest BCUT2D eigenvalue weighted by atomic mass is 9.97. The van der Waals surface area contributed by atoms with Crippen molar-refractivity contribution in [1.29, 1.82) is 0 Å². The van der Waals surface area contributed by atoms with Gasteiger partial charge in [0.05, 0.1) is 0 Å². The maximum absolute atomic E-state index is 12.8. The van der Waals surface area contributed by atoms with Crippen LogP contribution in [-0.4, -0.2) is 16.8 Å². The molecule has 0 aliphatic carbocycles. The van der Waals surface area contributed by atoms with Crippen molar-refractivity contribution in [1.82, 2.24) is 0 Å². The molecule has 0 N–H and O–H groups in total. The highest BCUT2D eigenvalue weighted by molar-refractivity contribution is 9.09. The van der Waals surface area contributed by atoms with Crippen molar-refractivity contribution in [2.45, 2.75) is 26.2 Å². The first kappa shape index (κ1) is 15.0. The van der Waals surface area contributed by atoms with E-state index in [-0.39, 0.29) is 5.82 Å². The fraction of sp³-hybridized carbons (Fsp3) is 0.571. The molecule has 0 aliphatic rings. The summed E-state index contributed by atoms with van der Waals surface area (Å²) in [6, 6.07) is 6.89. The first-order chi connectivity index (χ1) is 8.26. The molecule has 0 aromatic heterocycles. The van der Waals surface area contributed by atoms with Crippen LogP contribution in [-0.2, 0) is 6.42 Å². The predicted octanol–water partition coefficient (Wildman–Crippen LogP) is 4.91. The van der Waals surface area contributed by atoms with E-state index in [0.29, 0.717) is 5.92 Å². The normalized spacial score (nSPS) is 12.6. The summed E-state index contributed by atoms with van der Waals surface area (Å²) in [6.07, 6.45) is 3.56. The summed E-state index contributed by atoms with van der Waals surface area (Å²) in [5, 5.41) is 1.03. The molecule has 1 unspecified atom stereocenters. The standard InChI is InChI=1S/C14H20BrFS/c1-2-17-9-3-4-13(11-15)10-12-5-7-14(16)8-6-12/h5-8,13H,2-4,9-11H2,1H3. The van der Waals surface area contributed by atoms with Crippen LogP contribution in [0, 0.1) is 11.7 Å². The van der Waals surface area contributed by atoms with Gasteiger partial charge < -0.3 is 0 Å². The fourth-order valence-corrected chi connectivity index (χ4v) is 3.02. The first-order valence-corrected chi connectivity index (χ1v) is 8.42. The Morgan fingerprint density at radius 2 is 2.00 bits per heavy atom. The Balaban J connectivity index is 2.33. The molecule has 0 nitrogen and oxygen atoms in total. The summed E-state index contributed by atoms with van der Waals surface area (Å²) in [6.45, 7) is 2.20. The van der Waals surface area contributed by atoms with Crippen molar-refractivity contribution in [3.63, 3.8) is 0 Å². The number of hydrogen-bond acceptors (Lipinski definition) is 1. The lowest BCUT2D eigenvalue weighted by Crippen LogP contribution is -2.07. The van der Waals surface area contributed by atoms with Crippen molar-refractivity contribution < 1.29 is 4.39 Å². The SMILES string of the molecule is CCSCCCC(CBr)Cc1ccc(F)cc1. The number of hydrogen-bond donors (Lipinski definition) is 0. The highest BCUT2D eigenvalue weighted by atomic mass is 79.9. The summed E-state index contributed by atoms with van der Waals surface area (Å²) in [4.78, 5) is 0. The van der Waals surface area contributed by atoms with Crippen molar-refractivity contribution in [2.24, 2.45) is 5.92 Å². The van der Waals surface area contributed by atoms with E-state index in [1.807, 2.05) is 23.9 Å². The molecule has 96 valence electrons. The molecule has 0 spiro atoms. The van der Waals surface area contributed by atoms with Gasteiger partial charge in [-0.25, -0.2) is 4.39 Å². The van der Waals surface area contributed by atoms with E-state index in [0.717, 1.165) is 11.8 Å². The van der Waals surface area contributed by atoms with Crippen LogP contribution >= 0.6 is 27.7 Å². The van der Waals surface area contributed by atoms with Gasteiger partial charge in [0.15, 0.2) is 0 Å². The van der Waals surface area contributed by atoms with Gasteiger partial charge in [-0.3, -0.25) is 0 Å². The Bertz CT molecular complexity index is 300. The number of halogens is 2. The van der Waals surface area contributed by atoms with Gasteiger partial charge >= 0.3 is 0 Å². The van der Waals surface area contributed by atoms with Crippen molar-refractivity contribution in [3.05, 3.63) is 35.6 Å². The lowest BCUT2D eigenvalue weighted by Gasteiger charge is -2.13. The zero-order chi connectivity index (χ0) is 12.5. The topological polar surface area (TPSA) is 0 Å². The van der Waals surface area contributed by atoms with Crippen molar-refractivity contribution >= 4 is 27.7 Å². The van der Waals surface area contributed by atoms with Crippen LogP contribution in [0.4, 0.5) is 4.39 Å². The van der Waals surface area contributed by atoms with E-state index >= 15 is 0 Å². The zero-order valence-corrected chi connectivity index (χ0v) is 12.7. The maximum atomic E-state index is 12.8. The second-order valence-corrected chi connectivity index (χ2v) is 6.23. The molecule has 0 saturated heterocycles. The molecule has 0 bridgehead atoms. The molecule has 0 radical (unpaired) electrons. The van der Waals surface area contributed by atoms with Gasteiger partial charge in [0, 0.05) is 5.33 Å². The van der Waals surface area contributed by atoms with Crippen LogP contribution in [0.3, 0.4) is 0 Å². The second-order valence-electron chi connectivity index (χ2n) is 4.19. The average Bonchev–Trinajstić information content (AvgIpc) is 2.35. The molecule has 3 heteroatoms. The van der Waals surface area contributed by atoms with E-state index in [4.69, 9.17) is 0 Å². The minimum absolute atomic E-state index is 0.150. The molecule has 0 aliphatic heterocycles. The summed E-state index contributed by atoms with van der Waals surface area (Å²) in [5.74, 6) is 2.97. The molecular weight excluding hydrogens is 299 g/mol. The van der Waals surface area contributed by atoms with Gasteiger partial charge in [0.2, 0.25) is 0 Å². The Morgan fingerprint density at radius 3 is 2.59 bits per heavy atom. The van der Waals surface area contributed by atoms with Crippen molar-refractivity contribution in [3.8, 4) is 0 Å². The minimum Gasteiger partial charge on any atom is -0.207 e. The van der Waals surface area contributed by atoms with E-state index < -0.39 is 0 Å². The van der Waals surface area contributed by atoms with E-state index in [1.165, 1.54) is 29.9 Å². The third kappa shape index (κ3) is 6.46. The number of rotatable bonds is 8. The lowest BCUT2D eigenvalue weighted by molar-refractivity contribution is 0.535. The summed E-state index contributed by atoms with van der Waals surface area (Å²) in [5.41, 5.74) is 1.24. The highest BCUT2D eigenvalue weighted by Crippen LogP contribution is 2.18. The Morgan fingerprint density at radius 1 is 1.29 bits per heavy atom. The van der Waals surface area contributed by atoms with Crippen molar-refractivity contribution in [2.75, 3.05) is 16.8 Å². The molecule has 0 amide bonds. The molecule has 1 atom stereocenters. The van der Waals surface area contributed by atoms with Crippen LogP contribution < -0.4 is 0 Å². The smallest absolute Gasteiger partial charge is 0.123 e. The second kappa shape index (κ2) is 8.98. The van der Waals surface area contributed by atoms with Gasteiger partial charge in [-0.2, -0.15) is 11.8 Å². The maximum Gasteiger partial charge on any atom is 0.123 e. The Kier molecular flexibility index (Phi) is 7.95. The molecule has 0 heterocycles. The zero-order valence-electron chi connectivity index (χ0n) is 10.3. The van der Waals surface area contributed by atoms with Crippen LogP contribution in [0.2, 0.25) is 0 Å². The Labute approximate surface area is 117 Å². The summed E-state index contributed by atoms with van der Waals surface area (Å²) < 4.78 is 12.8. The van der Waals surface area contributed by atoms with E-state index in [1.54, 1.807) is 12.1 Å². The molecule has 17 heavy (non-hydrogen) atoms. The summed E-state index contributed by atoms with van der Waals surface area (Å²) >= 11 is 5.58. The molecule has 0 saturated carbocycles. The third-order valence-electron chi connectivity index (χ3n) is 2.76. The van der Waals surface area contributed by atoms with Gasteiger partial charge in [-0.1, -0.05) is 35.0 Å². The van der Waals surface area contributed by atoms with Crippen LogP contribution in [0.25, 0.3) is 0 Å². The van der Waals surface area contributed by atoms with Crippen LogP contribution in [0.5, 0.6) is 0 Å². The molecule has 1 rings (SSSR count).